The van der Waals surface area contributed by atoms with E-state index in [2.05, 4.69) is 42.2 Å². The monoisotopic (exact) mass is 261 g/mol. The van der Waals surface area contributed by atoms with E-state index in [9.17, 15) is 0 Å². The molecule has 1 aliphatic rings. The minimum absolute atomic E-state index is 0.267. The summed E-state index contributed by atoms with van der Waals surface area (Å²) < 4.78 is 0.860. The lowest BCUT2D eigenvalue weighted by Gasteiger charge is -2.18. The van der Waals surface area contributed by atoms with Gasteiger partial charge in [0.05, 0.1) is 10.9 Å². The quantitative estimate of drug-likeness (QED) is 0.720. The number of hydrogen-bond acceptors (Lipinski definition) is 2. The number of benzene rings is 1. The first-order valence-corrected chi connectivity index (χ1v) is 6.79. The molecule has 0 radical (unpaired) electrons. The molecular weight excluding hydrogens is 250 g/mol. The average Bonchev–Trinajstić information content (AvgIpc) is 2.70. The van der Waals surface area contributed by atoms with Gasteiger partial charge in [-0.15, -0.1) is 11.3 Å². The molecule has 0 aliphatic carbocycles. The third kappa shape index (κ3) is 1.92. The third-order valence-corrected chi connectivity index (χ3v) is 4.42. The van der Waals surface area contributed by atoms with Gasteiger partial charge in [0.2, 0.25) is 0 Å². The lowest BCUT2D eigenvalue weighted by Crippen LogP contribution is -2.09. The van der Waals surface area contributed by atoms with Gasteiger partial charge in [-0.3, -0.25) is 4.99 Å². The topological polar surface area (TPSA) is 12.4 Å². The van der Waals surface area contributed by atoms with E-state index in [1.165, 1.54) is 21.6 Å². The van der Waals surface area contributed by atoms with Crippen LogP contribution in [0.4, 0.5) is 0 Å². The number of thiophene rings is 1. The van der Waals surface area contributed by atoms with Crippen LogP contribution in [0, 0.1) is 6.92 Å². The molecule has 17 heavy (non-hydrogen) atoms. The summed E-state index contributed by atoms with van der Waals surface area (Å²) in [5.74, 6) is 0.267. The van der Waals surface area contributed by atoms with Crippen molar-refractivity contribution in [3.05, 3.63) is 56.2 Å². The summed E-state index contributed by atoms with van der Waals surface area (Å²) in [7, 11) is 0. The molecule has 0 saturated heterocycles. The highest BCUT2D eigenvalue weighted by Gasteiger charge is 2.22. The summed E-state index contributed by atoms with van der Waals surface area (Å²) in [5, 5.41) is 0. The van der Waals surface area contributed by atoms with Crippen molar-refractivity contribution >= 4 is 29.2 Å². The Morgan fingerprint density at radius 3 is 2.94 bits per heavy atom. The number of aliphatic imine (C=N–C) groups is 1. The summed E-state index contributed by atoms with van der Waals surface area (Å²) in [5.41, 5.74) is 3.95. The van der Waals surface area contributed by atoms with Crippen molar-refractivity contribution in [3.8, 4) is 0 Å². The van der Waals surface area contributed by atoms with Gasteiger partial charge in [-0.25, -0.2) is 0 Å². The van der Waals surface area contributed by atoms with Crippen molar-refractivity contribution in [2.24, 2.45) is 4.99 Å². The number of halogens is 1. The van der Waals surface area contributed by atoms with Crippen LogP contribution in [0.25, 0.3) is 0 Å². The molecule has 3 rings (SSSR count). The number of fused-ring (bicyclic) bond motifs is 1. The molecule has 0 spiro atoms. The van der Waals surface area contributed by atoms with Crippen LogP contribution in [-0.4, -0.2) is 6.21 Å². The minimum Gasteiger partial charge on any atom is -0.291 e. The van der Waals surface area contributed by atoms with Crippen molar-refractivity contribution < 1.29 is 0 Å². The SMILES string of the molecule is Cc1ccccc1C1C=NCc2sc(Cl)cc21. The highest BCUT2D eigenvalue weighted by atomic mass is 35.5. The third-order valence-electron chi connectivity index (χ3n) is 3.16. The standard InChI is InChI=1S/C14H12ClNS/c1-9-4-2-3-5-10(9)12-7-16-8-13-11(12)6-14(15)17-13/h2-7,12H,8H2,1H3. The zero-order valence-electron chi connectivity index (χ0n) is 9.48. The molecule has 1 aromatic carbocycles. The van der Waals surface area contributed by atoms with Gasteiger partial charge in [0.25, 0.3) is 0 Å². The molecule has 2 aromatic rings. The molecule has 1 aliphatic heterocycles. The smallest absolute Gasteiger partial charge is 0.0935 e. The zero-order valence-corrected chi connectivity index (χ0v) is 11.1. The average molecular weight is 262 g/mol. The van der Waals surface area contributed by atoms with Gasteiger partial charge in [0.15, 0.2) is 0 Å². The molecule has 1 atom stereocenters. The molecule has 86 valence electrons. The van der Waals surface area contributed by atoms with E-state index in [4.69, 9.17) is 11.6 Å². The first-order valence-electron chi connectivity index (χ1n) is 5.59. The van der Waals surface area contributed by atoms with Crippen molar-refractivity contribution in [3.63, 3.8) is 0 Å². The minimum atomic E-state index is 0.267. The van der Waals surface area contributed by atoms with Gasteiger partial charge >= 0.3 is 0 Å². The second-order valence-corrected chi connectivity index (χ2v) is 6.02. The first-order chi connectivity index (χ1) is 8.25. The van der Waals surface area contributed by atoms with E-state index >= 15 is 0 Å². The van der Waals surface area contributed by atoms with Crippen LogP contribution in [0.2, 0.25) is 4.34 Å². The van der Waals surface area contributed by atoms with Gasteiger partial charge in [0, 0.05) is 17.0 Å². The largest absolute Gasteiger partial charge is 0.291 e. The fourth-order valence-electron chi connectivity index (χ4n) is 2.30. The summed E-state index contributed by atoms with van der Waals surface area (Å²) in [6.45, 7) is 2.92. The lowest BCUT2D eigenvalue weighted by molar-refractivity contribution is 0.962. The Morgan fingerprint density at radius 2 is 2.12 bits per heavy atom. The van der Waals surface area contributed by atoms with Gasteiger partial charge in [-0.05, 0) is 29.7 Å². The normalized spacial score (nSPS) is 18.1. The maximum atomic E-state index is 6.11. The molecule has 0 bridgehead atoms. The molecule has 2 heterocycles. The first kappa shape index (κ1) is 11.0. The van der Waals surface area contributed by atoms with E-state index in [0.29, 0.717) is 0 Å². The number of hydrogen-bond donors (Lipinski definition) is 0. The summed E-state index contributed by atoms with van der Waals surface area (Å²) in [6.07, 6.45) is 2.05. The zero-order chi connectivity index (χ0) is 11.8. The Hall–Kier alpha value is -1.12. The van der Waals surface area contributed by atoms with Crippen LogP contribution in [0.1, 0.15) is 27.5 Å². The van der Waals surface area contributed by atoms with Crippen molar-refractivity contribution in [1.29, 1.82) is 0 Å². The second kappa shape index (κ2) is 4.28. The maximum Gasteiger partial charge on any atom is 0.0935 e. The predicted molar refractivity (Wildman–Crippen MR) is 74.5 cm³/mol. The van der Waals surface area contributed by atoms with Crippen molar-refractivity contribution in [2.45, 2.75) is 19.4 Å². The maximum absolute atomic E-state index is 6.11. The molecule has 3 heteroatoms. The van der Waals surface area contributed by atoms with Crippen LogP contribution >= 0.6 is 22.9 Å². The lowest BCUT2D eigenvalue weighted by atomic mass is 9.88. The van der Waals surface area contributed by atoms with Crippen molar-refractivity contribution in [2.75, 3.05) is 0 Å². The molecule has 1 aromatic heterocycles. The number of nitrogens with zero attached hydrogens (tertiary/aromatic N) is 1. The van der Waals surface area contributed by atoms with Gasteiger partial charge < -0.3 is 0 Å². The molecule has 1 nitrogen and oxygen atoms in total. The Morgan fingerprint density at radius 1 is 1.29 bits per heavy atom. The van der Waals surface area contributed by atoms with E-state index in [1.807, 2.05) is 6.21 Å². The highest BCUT2D eigenvalue weighted by Crippen LogP contribution is 2.38. The van der Waals surface area contributed by atoms with E-state index in [-0.39, 0.29) is 5.92 Å². The molecule has 0 saturated carbocycles. The Labute approximate surface area is 110 Å². The van der Waals surface area contributed by atoms with Crippen LogP contribution in [-0.2, 0) is 6.54 Å². The van der Waals surface area contributed by atoms with Crippen LogP contribution in [0.5, 0.6) is 0 Å². The Balaban J connectivity index is 2.12. The highest BCUT2D eigenvalue weighted by molar-refractivity contribution is 7.16. The van der Waals surface area contributed by atoms with Crippen LogP contribution in [0.3, 0.4) is 0 Å². The Kier molecular flexibility index (Phi) is 2.77. The molecule has 1 unspecified atom stereocenters. The van der Waals surface area contributed by atoms with Crippen molar-refractivity contribution in [1.82, 2.24) is 0 Å². The predicted octanol–water partition coefficient (Wildman–Crippen LogP) is 4.43. The van der Waals surface area contributed by atoms with Crippen LogP contribution in [0.15, 0.2) is 35.3 Å². The molecule has 0 N–H and O–H groups in total. The van der Waals surface area contributed by atoms with E-state index < -0.39 is 0 Å². The molecule has 0 fully saturated rings. The number of aryl methyl sites for hydroxylation is 1. The summed E-state index contributed by atoms with van der Waals surface area (Å²) >= 11 is 7.75. The van der Waals surface area contributed by atoms with Gasteiger partial charge in [-0.2, -0.15) is 0 Å². The Bertz CT molecular complexity index is 586. The fraction of sp³-hybridized carbons (Fsp3) is 0.214. The van der Waals surface area contributed by atoms with Gasteiger partial charge in [0.1, 0.15) is 0 Å². The van der Waals surface area contributed by atoms with Gasteiger partial charge in [-0.1, -0.05) is 35.9 Å². The van der Waals surface area contributed by atoms with Crippen LogP contribution < -0.4 is 0 Å². The molecular formula is C14H12ClNS. The van der Waals surface area contributed by atoms with E-state index in [0.717, 1.165) is 10.9 Å². The number of rotatable bonds is 1. The van der Waals surface area contributed by atoms with E-state index in [1.54, 1.807) is 11.3 Å². The second-order valence-electron chi connectivity index (χ2n) is 4.25. The fourth-order valence-corrected chi connectivity index (χ4v) is 3.56. The summed E-state index contributed by atoms with van der Waals surface area (Å²) in [4.78, 5) is 5.75. The summed E-state index contributed by atoms with van der Waals surface area (Å²) in [6, 6.07) is 10.6. The molecule has 0 amide bonds.